The Morgan fingerprint density at radius 2 is 2.00 bits per heavy atom. The van der Waals surface area contributed by atoms with Gasteiger partial charge in [-0.1, -0.05) is 29.8 Å². The highest BCUT2D eigenvalue weighted by atomic mass is 32.2. The fourth-order valence-electron chi connectivity index (χ4n) is 2.01. The van der Waals surface area contributed by atoms with Crippen LogP contribution in [0.1, 0.15) is 11.4 Å². The number of aryl methyl sites for hydroxylation is 1. The number of methoxy groups -OCH3 is 1. The van der Waals surface area contributed by atoms with E-state index in [-0.39, 0.29) is 0 Å². The first-order valence-electron chi connectivity index (χ1n) is 7.13. The molecule has 0 saturated heterocycles. The van der Waals surface area contributed by atoms with Crippen molar-refractivity contribution in [3.8, 4) is 11.4 Å². The monoisotopic (exact) mass is 347 g/mol. The Labute approximate surface area is 143 Å². The Morgan fingerprint density at radius 1 is 1.22 bits per heavy atom. The lowest BCUT2D eigenvalue weighted by atomic mass is 10.1. The van der Waals surface area contributed by atoms with Gasteiger partial charge in [0.1, 0.15) is 5.82 Å². The summed E-state index contributed by atoms with van der Waals surface area (Å²) >= 11 is 2.86. The Bertz CT molecular complexity index is 782. The van der Waals surface area contributed by atoms with Crippen molar-refractivity contribution in [2.75, 3.05) is 13.7 Å². The van der Waals surface area contributed by atoms with Crippen molar-refractivity contribution in [2.45, 2.75) is 22.8 Å². The predicted octanol–water partition coefficient (Wildman–Crippen LogP) is 2.98. The fraction of sp³-hybridized carbons (Fsp3) is 0.333. The average molecular weight is 347 g/mol. The van der Waals surface area contributed by atoms with Crippen molar-refractivity contribution in [1.82, 2.24) is 24.1 Å². The van der Waals surface area contributed by atoms with Crippen LogP contribution in [0.4, 0.5) is 0 Å². The molecule has 0 unspecified atom stereocenters. The molecule has 2 aromatic heterocycles. The molecule has 3 rings (SSSR count). The van der Waals surface area contributed by atoms with E-state index in [4.69, 9.17) is 4.74 Å². The van der Waals surface area contributed by atoms with E-state index in [1.165, 1.54) is 28.9 Å². The van der Waals surface area contributed by atoms with Gasteiger partial charge in [0, 0.05) is 26.1 Å². The van der Waals surface area contributed by atoms with Crippen molar-refractivity contribution in [3.05, 3.63) is 35.7 Å². The smallest absolute Gasteiger partial charge is 0.198 e. The summed E-state index contributed by atoms with van der Waals surface area (Å²) in [4.78, 5) is 4.49. The molecule has 0 spiro atoms. The summed E-state index contributed by atoms with van der Waals surface area (Å²) in [5.74, 6) is 1.65. The standard InChI is InChI=1S/C15H17N5OS2/c1-10-4-6-11(7-5-10)13-17-18-14(20(13)2)22-15-16-12(19-23-15)8-9-21-3/h4-7H,8-9H2,1-3H3. The molecule has 120 valence electrons. The van der Waals surface area contributed by atoms with Crippen molar-refractivity contribution in [1.29, 1.82) is 0 Å². The number of hydrogen-bond donors (Lipinski definition) is 0. The van der Waals surface area contributed by atoms with Crippen LogP contribution < -0.4 is 0 Å². The van der Waals surface area contributed by atoms with E-state index in [0.29, 0.717) is 6.61 Å². The van der Waals surface area contributed by atoms with Crippen molar-refractivity contribution < 1.29 is 4.74 Å². The average Bonchev–Trinajstić information content (AvgIpc) is 3.14. The van der Waals surface area contributed by atoms with Crippen LogP contribution in [0, 0.1) is 6.92 Å². The van der Waals surface area contributed by atoms with E-state index in [0.717, 1.165) is 33.1 Å². The summed E-state index contributed by atoms with van der Waals surface area (Å²) < 4.78 is 12.2. The fourth-order valence-corrected chi connectivity index (χ4v) is 3.57. The lowest BCUT2D eigenvalue weighted by Crippen LogP contribution is -1.96. The van der Waals surface area contributed by atoms with Gasteiger partial charge in [0.2, 0.25) is 0 Å². The van der Waals surface area contributed by atoms with Crippen LogP contribution in [0.5, 0.6) is 0 Å². The van der Waals surface area contributed by atoms with Crippen molar-refractivity contribution in [2.24, 2.45) is 7.05 Å². The molecule has 0 bridgehead atoms. The van der Waals surface area contributed by atoms with Gasteiger partial charge in [0.15, 0.2) is 15.3 Å². The molecule has 0 aliphatic rings. The normalized spacial score (nSPS) is 11.1. The summed E-state index contributed by atoms with van der Waals surface area (Å²) in [6.45, 7) is 2.70. The lowest BCUT2D eigenvalue weighted by molar-refractivity contribution is 0.200. The minimum Gasteiger partial charge on any atom is -0.384 e. The summed E-state index contributed by atoms with van der Waals surface area (Å²) in [6.07, 6.45) is 0.723. The maximum Gasteiger partial charge on any atom is 0.198 e. The molecule has 0 aliphatic carbocycles. The molecule has 0 radical (unpaired) electrons. The summed E-state index contributed by atoms with van der Waals surface area (Å²) in [6, 6.07) is 8.26. The molecule has 0 atom stereocenters. The first-order chi connectivity index (χ1) is 11.2. The number of hydrogen-bond acceptors (Lipinski definition) is 7. The largest absolute Gasteiger partial charge is 0.384 e. The van der Waals surface area contributed by atoms with Gasteiger partial charge in [-0.15, -0.1) is 10.2 Å². The van der Waals surface area contributed by atoms with E-state index >= 15 is 0 Å². The highest BCUT2D eigenvalue weighted by Gasteiger charge is 2.14. The predicted molar refractivity (Wildman–Crippen MR) is 90.8 cm³/mol. The highest BCUT2D eigenvalue weighted by molar-refractivity contribution is 8.00. The molecule has 1 aromatic carbocycles. The maximum absolute atomic E-state index is 5.04. The molecule has 3 aromatic rings. The molecule has 0 saturated carbocycles. The van der Waals surface area contributed by atoms with E-state index in [1.807, 2.05) is 11.6 Å². The van der Waals surface area contributed by atoms with Gasteiger partial charge in [-0.25, -0.2) is 4.98 Å². The maximum atomic E-state index is 5.04. The Balaban J connectivity index is 1.76. The van der Waals surface area contributed by atoms with Crippen molar-refractivity contribution >= 4 is 23.3 Å². The molecule has 0 amide bonds. The molecule has 0 N–H and O–H groups in total. The van der Waals surface area contributed by atoms with Gasteiger partial charge in [-0.05, 0) is 30.2 Å². The second-order valence-corrected chi connectivity index (χ2v) is 7.02. The molecular weight excluding hydrogens is 330 g/mol. The third kappa shape index (κ3) is 3.77. The Kier molecular flexibility index (Phi) is 5.04. The van der Waals surface area contributed by atoms with E-state index in [1.54, 1.807) is 7.11 Å². The quantitative estimate of drug-likeness (QED) is 0.683. The SMILES string of the molecule is COCCc1nsc(Sc2nnc(-c3ccc(C)cc3)n2C)n1. The Hall–Kier alpha value is -1.77. The van der Waals surface area contributed by atoms with Gasteiger partial charge in [0.05, 0.1) is 6.61 Å². The first-order valence-corrected chi connectivity index (χ1v) is 8.72. The van der Waals surface area contributed by atoms with Crippen LogP contribution in [0.3, 0.4) is 0 Å². The van der Waals surface area contributed by atoms with E-state index in [9.17, 15) is 0 Å². The van der Waals surface area contributed by atoms with Gasteiger partial charge in [-0.3, -0.25) is 0 Å². The zero-order valence-corrected chi connectivity index (χ0v) is 14.8. The van der Waals surface area contributed by atoms with Crippen LogP contribution in [0.15, 0.2) is 33.8 Å². The minimum atomic E-state index is 0.627. The van der Waals surface area contributed by atoms with Crippen LogP contribution in [0.25, 0.3) is 11.4 Å². The van der Waals surface area contributed by atoms with Crippen LogP contribution in [-0.2, 0) is 18.2 Å². The third-order valence-corrected chi connectivity index (χ3v) is 5.13. The molecule has 0 aliphatic heterocycles. The first kappa shape index (κ1) is 16.1. The van der Waals surface area contributed by atoms with Crippen molar-refractivity contribution in [3.63, 3.8) is 0 Å². The second kappa shape index (κ2) is 7.20. The number of benzene rings is 1. The molecule has 0 fully saturated rings. The molecular formula is C15H17N5OS2. The zero-order chi connectivity index (χ0) is 16.2. The number of aromatic nitrogens is 5. The second-order valence-electron chi connectivity index (χ2n) is 5.05. The van der Waals surface area contributed by atoms with Gasteiger partial charge >= 0.3 is 0 Å². The van der Waals surface area contributed by atoms with Crippen LogP contribution >= 0.6 is 23.3 Å². The van der Waals surface area contributed by atoms with Gasteiger partial charge < -0.3 is 9.30 Å². The molecule has 8 heteroatoms. The summed E-state index contributed by atoms with van der Waals surface area (Å²) in [7, 11) is 3.64. The zero-order valence-electron chi connectivity index (χ0n) is 13.2. The van der Waals surface area contributed by atoms with E-state index < -0.39 is 0 Å². The summed E-state index contributed by atoms with van der Waals surface area (Å²) in [5.41, 5.74) is 2.28. The topological polar surface area (TPSA) is 65.7 Å². The lowest BCUT2D eigenvalue weighted by Gasteiger charge is -2.02. The molecule has 2 heterocycles. The van der Waals surface area contributed by atoms with Crippen LogP contribution in [0.2, 0.25) is 0 Å². The highest BCUT2D eigenvalue weighted by Crippen LogP contribution is 2.29. The Morgan fingerprint density at radius 3 is 2.74 bits per heavy atom. The van der Waals surface area contributed by atoms with Crippen LogP contribution in [-0.4, -0.2) is 37.8 Å². The minimum absolute atomic E-state index is 0.627. The number of rotatable bonds is 6. The third-order valence-electron chi connectivity index (χ3n) is 3.30. The van der Waals surface area contributed by atoms with E-state index in [2.05, 4.69) is 50.7 Å². The van der Waals surface area contributed by atoms with Gasteiger partial charge in [-0.2, -0.15) is 4.37 Å². The number of ether oxygens (including phenoxy) is 1. The van der Waals surface area contributed by atoms with Gasteiger partial charge in [0.25, 0.3) is 0 Å². The molecule has 23 heavy (non-hydrogen) atoms. The molecule has 6 nitrogen and oxygen atoms in total. The number of nitrogens with zero attached hydrogens (tertiary/aromatic N) is 5. The summed E-state index contributed by atoms with van der Waals surface area (Å²) in [5, 5.41) is 9.37.